The summed E-state index contributed by atoms with van der Waals surface area (Å²) >= 11 is 0. The Bertz CT molecular complexity index is 420. The first-order valence-corrected chi connectivity index (χ1v) is 8.03. The van der Waals surface area contributed by atoms with Gasteiger partial charge in [0.1, 0.15) is 0 Å². The third-order valence-electron chi connectivity index (χ3n) is 5.47. The maximum atomic E-state index is 12.4. The Morgan fingerprint density at radius 2 is 1.90 bits per heavy atom. The second kappa shape index (κ2) is 5.83. The molecule has 0 aromatic rings. The van der Waals surface area contributed by atoms with E-state index < -0.39 is 5.97 Å². The van der Waals surface area contributed by atoms with Gasteiger partial charge in [0, 0.05) is 18.6 Å². The zero-order valence-corrected chi connectivity index (χ0v) is 12.6. The van der Waals surface area contributed by atoms with Crippen LogP contribution in [-0.2, 0) is 4.79 Å². The monoisotopic (exact) mass is 295 g/mol. The lowest BCUT2D eigenvalue weighted by molar-refractivity contribution is -0.142. The van der Waals surface area contributed by atoms with Crippen molar-refractivity contribution in [3.63, 3.8) is 0 Å². The number of carboxylic acid groups (broad SMARTS) is 1. The van der Waals surface area contributed by atoms with Gasteiger partial charge in [-0.05, 0) is 58.2 Å². The summed E-state index contributed by atoms with van der Waals surface area (Å²) in [6.07, 6.45) is 4.67. The van der Waals surface area contributed by atoms with Crippen LogP contribution in [0.3, 0.4) is 0 Å². The van der Waals surface area contributed by atoms with E-state index in [1.165, 1.54) is 0 Å². The Morgan fingerprint density at radius 3 is 2.52 bits per heavy atom. The van der Waals surface area contributed by atoms with Crippen molar-refractivity contribution in [2.45, 2.75) is 44.2 Å². The number of urea groups is 1. The van der Waals surface area contributed by atoms with E-state index >= 15 is 0 Å². The van der Waals surface area contributed by atoms with Crippen molar-refractivity contribution in [1.29, 1.82) is 0 Å². The number of amides is 2. The molecular weight excluding hydrogens is 270 g/mol. The van der Waals surface area contributed by atoms with Crippen LogP contribution >= 0.6 is 0 Å². The summed E-state index contributed by atoms with van der Waals surface area (Å²) < 4.78 is 0. The first kappa shape index (κ1) is 14.6. The van der Waals surface area contributed by atoms with Gasteiger partial charge in [-0.25, -0.2) is 4.79 Å². The molecule has 3 unspecified atom stereocenters. The zero-order chi connectivity index (χ0) is 15.0. The minimum absolute atomic E-state index is 0.0508. The summed E-state index contributed by atoms with van der Waals surface area (Å²) in [5, 5.41) is 12.3. The van der Waals surface area contributed by atoms with Gasteiger partial charge in [0.05, 0.1) is 5.92 Å². The molecule has 6 heteroatoms. The zero-order valence-electron chi connectivity index (χ0n) is 12.6. The number of piperidine rings is 1. The van der Waals surface area contributed by atoms with Crippen LogP contribution in [0.5, 0.6) is 0 Å². The van der Waals surface area contributed by atoms with E-state index in [2.05, 4.69) is 17.3 Å². The minimum atomic E-state index is -0.754. The number of carboxylic acids is 1. The highest BCUT2D eigenvalue weighted by atomic mass is 16.4. The van der Waals surface area contributed by atoms with E-state index in [1.54, 1.807) is 0 Å². The smallest absolute Gasteiger partial charge is 0.317 e. The molecule has 3 heterocycles. The molecule has 0 saturated carbocycles. The van der Waals surface area contributed by atoms with Crippen molar-refractivity contribution >= 4 is 12.0 Å². The van der Waals surface area contributed by atoms with Crippen LogP contribution in [-0.4, -0.2) is 65.7 Å². The molecular formula is C15H25N3O3. The lowest BCUT2D eigenvalue weighted by Gasteiger charge is -2.30. The Kier molecular flexibility index (Phi) is 4.06. The first-order valence-electron chi connectivity index (χ1n) is 8.03. The fourth-order valence-corrected chi connectivity index (χ4v) is 4.16. The van der Waals surface area contributed by atoms with Crippen molar-refractivity contribution in [2.75, 3.05) is 26.7 Å². The molecule has 3 aliphatic rings. The van der Waals surface area contributed by atoms with E-state index in [-0.39, 0.29) is 24.0 Å². The predicted molar refractivity (Wildman–Crippen MR) is 78.0 cm³/mol. The highest BCUT2D eigenvalue weighted by Crippen LogP contribution is 2.41. The molecule has 0 radical (unpaired) electrons. The number of carbonyl (C=O) groups is 2. The molecule has 0 aliphatic carbocycles. The molecule has 3 fully saturated rings. The highest BCUT2D eigenvalue weighted by molar-refractivity contribution is 5.79. The van der Waals surface area contributed by atoms with Crippen LogP contribution < -0.4 is 5.32 Å². The van der Waals surface area contributed by atoms with Crippen LogP contribution in [0, 0.1) is 11.8 Å². The van der Waals surface area contributed by atoms with E-state index in [9.17, 15) is 14.7 Å². The molecule has 21 heavy (non-hydrogen) atoms. The number of hydrogen-bond acceptors (Lipinski definition) is 3. The van der Waals surface area contributed by atoms with Gasteiger partial charge in [-0.3, -0.25) is 4.79 Å². The second-order valence-electron chi connectivity index (χ2n) is 6.82. The normalized spacial score (nSPS) is 33.4. The van der Waals surface area contributed by atoms with Gasteiger partial charge < -0.3 is 20.2 Å². The van der Waals surface area contributed by atoms with Gasteiger partial charge in [-0.2, -0.15) is 0 Å². The van der Waals surface area contributed by atoms with Crippen molar-refractivity contribution in [2.24, 2.45) is 11.8 Å². The largest absolute Gasteiger partial charge is 0.481 e. The van der Waals surface area contributed by atoms with Crippen molar-refractivity contribution in [3.05, 3.63) is 0 Å². The predicted octanol–water partition coefficient (Wildman–Crippen LogP) is 0.975. The molecule has 0 aromatic heterocycles. The van der Waals surface area contributed by atoms with Gasteiger partial charge in [0.2, 0.25) is 0 Å². The Labute approximate surface area is 125 Å². The van der Waals surface area contributed by atoms with Gasteiger partial charge in [0.15, 0.2) is 0 Å². The van der Waals surface area contributed by atoms with Gasteiger partial charge in [-0.15, -0.1) is 0 Å². The lowest BCUT2D eigenvalue weighted by Crippen LogP contribution is -2.46. The van der Waals surface area contributed by atoms with Crippen LogP contribution in [0.25, 0.3) is 0 Å². The average Bonchev–Trinajstić information content (AvgIpc) is 3.04. The van der Waals surface area contributed by atoms with E-state index in [4.69, 9.17) is 0 Å². The summed E-state index contributed by atoms with van der Waals surface area (Å²) in [6.45, 7) is 2.91. The maximum Gasteiger partial charge on any atom is 0.317 e. The summed E-state index contributed by atoms with van der Waals surface area (Å²) in [7, 11) is 2.13. The standard InChI is InChI=1S/C15H25N3O3/c1-17-6-4-10(5-7-17)9-16-15(21)18-11-2-3-13(18)12(8-11)14(19)20/h10-13H,2-9H2,1H3,(H,16,21)(H,19,20). The Morgan fingerprint density at radius 1 is 1.19 bits per heavy atom. The third-order valence-corrected chi connectivity index (χ3v) is 5.47. The molecule has 118 valence electrons. The fourth-order valence-electron chi connectivity index (χ4n) is 4.16. The molecule has 3 aliphatic heterocycles. The number of carbonyl (C=O) groups excluding carboxylic acids is 1. The first-order chi connectivity index (χ1) is 10.1. The van der Waals surface area contributed by atoms with Crippen LogP contribution in [0.15, 0.2) is 0 Å². The van der Waals surface area contributed by atoms with E-state index in [1.807, 2.05) is 4.90 Å². The fraction of sp³-hybridized carbons (Fsp3) is 0.867. The number of rotatable bonds is 3. The number of nitrogens with zero attached hydrogens (tertiary/aromatic N) is 2. The molecule has 2 N–H and O–H groups in total. The third kappa shape index (κ3) is 2.86. The Hall–Kier alpha value is -1.30. The molecule has 6 nitrogen and oxygen atoms in total. The lowest BCUT2D eigenvalue weighted by atomic mass is 9.89. The number of likely N-dealkylation sites (tertiary alicyclic amines) is 1. The van der Waals surface area contributed by atoms with E-state index in [0.717, 1.165) is 45.3 Å². The SMILES string of the molecule is CN1CCC(CNC(=O)N2C3CCC2C(C(=O)O)C3)CC1. The number of nitrogens with one attached hydrogen (secondary N) is 1. The van der Waals surface area contributed by atoms with Crippen LogP contribution in [0.2, 0.25) is 0 Å². The molecule has 0 spiro atoms. The number of hydrogen-bond donors (Lipinski definition) is 2. The summed E-state index contributed by atoms with van der Waals surface area (Å²) in [4.78, 5) is 27.8. The number of aliphatic carboxylic acids is 1. The van der Waals surface area contributed by atoms with Crippen LogP contribution in [0.1, 0.15) is 32.1 Å². The quantitative estimate of drug-likeness (QED) is 0.814. The minimum Gasteiger partial charge on any atom is -0.481 e. The Balaban J connectivity index is 1.51. The van der Waals surface area contributed by atoms with Crippen molar-refractivity contribution < 1.29 is 14.7 Å². The number of fused-ring (bicyclic) bond motifs is 2. The summed E-state index contributed by atoms with van der Waals surface area (Å²) in [5.74, 6) is -0.561. The summed E-state index contributed by atoms with van der Waals surface area (Å²) in [6, 6.07) is -0.0104. The molecule has 2 bridgehead atoms. The molecule has 3 atom stereocenters. The molecule has 3 saturated heterocycles. The summed E-state index contributed by atoms with van der Waals surface area (Å²) in [5.41, 5.74) is 0. The molecule has 3 rings (SSSR count). The van der Waals surface area contributed by atoms with Crippen molar-refractivity contribution in [3.8, 4) is 0 Å². The van der Waals surface area contributed by atoms with Crippen molar-refractivity contribution in [1.82, 2.24) is 15.1 Å². The average molecular weight is 295 g/mol. The molecule has 0 aromatic carbocycles. The topological polar surface area (TPSA) is 72.9 Å². The molecule has 2 amide bonds. The second-order valence-corrected chi connectivity index (χ2v) is 6.82. The van der Waals surface area contributed by atoms with Crippen LogP contribution in [0.4, 0.5) is 4.79 Å². The van der Waals surface area contributed by atoms with Gasteiger partial charge >= 0.3 is 12.0 Å². The van der Waals surface area contributed by atoms with Gasteiger partial charge in [0.25, 0.3) is 0 Å². The van der Waals surface area contributed by atoms with E-state index in [0.29, 0.717) is 12.3 Å². The highest BCUT2D eigenvalue weighted by Gasteiger charge is 2.51. The van der Waals surface area contributed by atoms with Gasteiger partial charge in [-0.1, -0.05) is 0 Å². The maximum absolute atomic E-state index is 12.4.